The highest BCUT2D eigenvalue weighted by molar-refractivity contribution is 8.15. The molecule has 8 heterocycles. The predicted octanol–water partition coefficient (Wildman–Crippen LogP) is 12.0. The fourth-order valence-corrected chi connectivity index (χ4v) is 18.7. The average Bonchev–Trinajstić information content (AvgIpc) is 1.61. The van der Waals surface area contributed by atoms with Gasteiger partial charge >= 0.3 is 18.3 Å². The normalized spacial score (nSPS) is 29.6. The third-order valence-electron chi connectivity index (χ3n) is 19.9. The molecule has 0 radical (unpaired) electrons. The van der Waals surface area contributed by atoms with Crippen LogP contribution in [-0.4, -0.2) is 269 Å². The van der Waals surface area contributed by atoms with Crippen molar-refractivity contribution in [1.82, 2.24) is 20.0 Å². The number of aliphatic hydroxyl groups is 5. The molecule has 0 spiro atoms. The van der Waals surface area contributed by atoms with Crippen molar-refractivity contribution in [2.75, 3.05) is 54.1 Å². The smallest absolute Gasteiger partial charge is 0.416 e. The highest BCUT2D eigenvalue weighted by Crippen LogP contribution is 2.46. The summed E-state index contributed by atoms with van der Waals surface area (Å²) in [6, 6.07) is 21.8. The van der Waals surface area contributed by atoms with Gasteiger partial charge in [-0.25, -0.2) is 14.4 Å². The maximum absolute atomic E-state index is 12.9. The van der Waals surface area contributed by atoms with Crippen LogP contribution in [-0.2, 0) is 72.0 Å². The van der Waals surface area contributed by atoms with E-state index in [1.165, 1.54) is 47.0 Å². The van der Waals surface area contributed by atoms with Crippen molar-refractivity contribution in [3.8, 4) is 17.2 Å². The summed E-state index contributed by atoms with van der Waals surface area (Å²) in [7, 11) is 4.90. The Balaban J connectivity index is 0.000000200. The van der Waals surface area contributed by atoms with Crippen molar-refractivity contribution in [1.29, 1.82) is 0 Å². The van der Waals surface area contributed by atoms with Crippen molar-refractivity contribution in [3.05, 3.63) is 89.5 Å². The molecule has 118 heavy (non-hydrogen) atoms. The molecule has 3 aromatic rings. The second-order valence-electron chi connectivity index (χ2n) is 33.1. The number of aliphatic imine (C=N–C) groups is 4. The summed E-state index contributed by atoms with van der Waals surface area (Å²) < 4.78 is 75.6. The van der Waals surface area contributed by atoms with Crippen LogP contribution in [0, 0.1) is 17.8 Å². The molecule has 6 N–H and O–H groups in total. The van der Waals surface area contributed by atoms with E-state index in [4.69, 9.17) is 76.6 Å². The summed E-state index contributed by atoms with van der Waals surface area (Å²) in [6.45, 7) is 37.1. The number of amidine groups is 4. The predicted molar refractivity (Wildman–Crippen MR) is 459 cm³/mol. The minimum absolute atomic E-state index is 0.0700. The number of aldehydes is 1. The summed E-state index contributed by atoms with van der Waals surface area (Å²) in [6.07, 6.45) is -3.80. The molecule has 5 fully saturated rings. The Morgan fingerprint density at radius 1 is 0.508 bits per heavy atom. The zero-order chi connectivity index (χ0) is 86.7. The number of hydrogen-bond acceptors (Lipinski definition) is 30. The van der Waals surface area contributed by atoms with Crippen LogP contribution in [0.25, 0.3) is 0 Å². The van der Waals surface area contributed by atoms with E-state index in [9.17, 15) is 44.7 Å². The Labute approximate surface area is 713 Å². The van der Waals surface area contributed by atoms with Crippen LogP contribution in [0.15, 0.2) is 92.8 Å². The number of benzene rings is 3. The zero-order valence-electron chi connectivity index (χ0n) is 72.1. The van der Waals surface area contributed by atoms with Crippen LogP contribution in [0.3, 0.4) is 0 Å². The zero-order valence-corrected chi connectivity index (χ0v) is 75.4. The van der Waals surface area contributed by atoms with E-state index in [-0.39, 0.29) is 89.3 Å². The van der Waals surface area contributed by atoms with Gasteiger partial charge < -0.3 is 97.2 Å². The molecule has 8 aliphatic rings. The number of carbonyl (C=O) groups excluding carboxylic acids is 4. The van der Waals surface area contributed by atoms with E-state index in [0.29, 0.717) is 61.5 Å². The molecule has 0 saturated carbocycles. The number of fused-ring (bicyclic) bond motifs is 4. The van der Waals surface area contributed by atoms with Crippen LogP contribution in [0.4, 0.5) is 14.4 Å². The molecule has 0 aliphatic carbocycles. The molecule has 3 aromatic carbocycles. The van der Waals surface area contributed by atoms with Crippen molar-refractivity contribution >= 4 is 92.3 Å². The Kier molecular flexibility index (Phi) is 37.0. The molecule has 8 aliphatic heterocycles. The van der Waals surface area contributed by atoms with Crippen molar-refractivity contribution in [2.45, 2.75) is 300 Å². The molecule has 30 nitrogen and oxygen atoms in total. The van der Waals surface area contributed by atoms with E-state index in [0.717, 1.165) is 71.1 Å². The number of carbonyl (C=O) groups is 4. The lowest BCUT2D eigenvalue weighted by atomic mass is 9.87. The lowest BCUT2D eigenvalue weighted by Crippen LogP contribution is -2.61. The maximum atomic E-state index is 12.9. The van der Waals surface area contributed by atoms with Gasteiger partial charge in [0.15, 0.2) is 20.7 Å². The minimum Gasteiger partial charge on any atom is -0.497 e. The molecule has 660 valence electrons. The summed E-state index contributed by atoms with van der Waals surface area (Å²) in [5.74, 6) is 2.00. The molecular weight excluding hydrogens is 1600 g/mol. The number of nitrogens with one attached hydrogen (secondary N) is 1. The van der Waals surface area contributed by atoms with Gasteiger partial charge in [-0.15, -0.1) is 0 Å². The topological polar surface area (TPSA) is 361 Å². The largest absolute Gasteiger partial charge is 0.497 e. The fraction of sp³-hybridized carbons (Fsp3) is 0.690. The number of nitrogens with zero attached hydrogens (tertiary/aromatic N) is 7. The molecular formula is C84H128N8O22S4. The number of thioether (sulfide) groups is 4. The van der Waals surface area contributed by atoms with E-state index < -0.39 is 83.2 Å². The molecule has 22 atom stereocenters. The highest BCUT2D eigenvalue weighted by atomic mass is 32.2. The van der Waals surface area contributed by atoms with Crippen molar-refractivity contribution in [2.24, 2.45) is 37.7 Å². The van der Waals surface area contributed by atoms with Crippen LogP contribution >= 0.6 is 47.0 Å². The highest BCUT2D eigenvalue weighted by Gasteiger charge is 2.55. The van der Waals surface area contributed by atoms with E-state index in [1.807, 2.05) is 184 Å². The van der Waals surface area contributed by atoms with Crippen molar-refractivity contribution in [3.63, 3.8) is 0 Å². The number of ether oxygens (including phenoxy) is 13. The molecule has 0 bridgehead atoms. The van der Waals surface area contributed by atoms with Crippen molar-refractivity contribution < 1.29 is 106 Å². The quantitative estimate of drug-likeness (QED) is 0.0358. The van der Waals surface area contributed by atoms with E-state index in [2.05, 4.69) is 10.3 Å². The van der Waals surface area contributed by atoms with Gasteiger partial charge in [-0.05, 0) is 155 Å². The molecule has 1 unspecified atom stereocenters. The second-order valence-corrected chi connectivity index (χ2v) is 37.4. The van der Waals surface area contributed by atoms with Crippen LogP contribution in [0.2, 0.25) is 0 Å². The van der Waals surface area contributed by atoms with Gasteiger partial charge in [0.25, 0.3) is 0 Å². The van der Waals surface area contributed by atoms with Crippen LogP contribution in [0.5, 0.6) is 17.2 Å². The average molecular weight is 1730 g/mol. The van der Waals surface area contributed by atoms with Gasteiger partial charge in [0.1, 0.15) is 105 Å². The number of hydrogen-bond donors (Lipinski definition) is 6. The van der Waals surface area contributed by atoms with E-state index in [1.54, 1.807) is 49.9 Å². The summed E-state index contributed by atoms with van der Waals surface area (Å²) >= 11 is 5.53. The van der Waals surface area contributed by atoms with Gasteiger partial charge in [-0.3, -0.25) is 34.7 Å². The summed E-state index contributed by atoms with van der Waals surface area (Å²) in [4.78, 5) is 74.0. The maximum Gasteiger partial charge on any atom is 0.416 e. The number of methoxy groups -OCH3 is 3. The first-order chi connectivity index (χ1) is 55.9. The number of rotatable bonds is 24. The van der Waals surface area contributed by atoms with E-state index >= 15 is 0 Å². The summed E-state index contributed by atoms with van der Waals surface area (Å²) in [5.41, 5.74) is -0.217. The third-order valence-corrected chi connectivity index (χ3v) is 24.5. The lowest BCUT2D eigenvalue weighted by Gasteiger charge is -2.42. The number of amides is 3. The second kappa shape index (κ2) is 44.8. The monoisotopic (exact) mass is 1730 g/mol. The molecule has 3 amide bonds. The molecule has 11 rings (SSSR count). The van der Waals surface area contributed by atoms with Gasteiger partial charge in [-0.1, -0.05) is 132 Å². The Hall–Kier alpha value is -6.06. The molecule has 34 heteroatoms. The Bertz CT molecular complexity index is 3790. The molecule has 5 saturated heterocycles. The van der Waals surface area contributed by atoms with Crippen LogP contribution in [0.1, 0.15) is 167 Å². The Morgan fingerprint density at radius 2 is 0.864 bits per heavy atom. The fourth-order valence-electron chi connectivity index (χ4n) is 13.9. The SMILES string of the molecule is CCCN(C(=O)OC(C)(C)C)C1=N[C@@H]2[C@@H](OCc3ccc(OC)cc3)[C@H](C)[C@@H](C(C)O)O[C@@H]2S1.CCCN(C(=O)OC(C)(C)C)C1=N[C@@H]2[C@@H](OCc3ccc(OC)cc3)[C@H](C)[C@@H](C=O)O[C@@H]2S1.CCCN(C(=O)OC(C)(C)C)C1=N[C@@H]2[C@@H](OCc3ccc(OC)cc3)[C@H](C)[C@@H](CO)O[C@@H]2S1.CCCN=C1N[C@@H]2[C@@H](O)[C@H](O)[C@@H]([C@H](C)O)O[C@@H]2S1. The minimum atomic E-state index is -1.09. The standard InChI is InChI=1S/C25H38N2O6S.C24H36N2O6S.C24H34N2O6S.C11H20N2O4S/c1-8-13-27(24(29)33-25(4,5)6)23-26-19-21(15(2)20(16(3)28)32-22(19)34-23)31-14-17-9-11-18(30-7)12-10-17;2*1-7-12-26(23(28)32-24(3,4)5)22-25-19-20(15(2)18(13-27)31-21(19)33-22)30-14-16-8-10-17(29-6)11-9-16;1-3-4-12-11-13-6-7(15)8(16)9(5(2)14)17-10(6)18-11/h9-12,15-16,19-22,28H,8,13-14H2,1-7H3;8-11,15,18-21,27H,7,12-14H2,1-6H3;8-11,13,15,18-21H,7,12,14H2,1-6H3;5-10,14-16H,3-4H2,1-2H3,(H,12,13)/t15-,16?,19-,20+,21+,22-;2*15-,18-,19-,20+,21-;5-,6+,7+,8-,9+,10+/m1110/s1. The first-order valence-corrected chi connectivity index (χ1v) is 44.3. The summed E-state index contributed by atoms with van der Waals surface area (Å²) in [5, 5.41) is 55.2. The van der Waals surface area contributed by atoms with Crippen LogP contribution < -0.4 is 19.5 Å². The van der Waals surface area contributed by atoms with Gasteiger partial charge in [0.2, 0.25) is 0 Å². The molecule has 0 aromatic heterocycles. The lowest BCUT2D eigenvalue weighted by molar-refractivity contribution is -0.184. The first-order valence-electron chi connectivity index (χ1n) is 40.8. The van der Waals surface area contributed by atoms with Gasteiger partial charge in [0.05, 0.1) is 96.5 Å². The number of aliphatic hydroxyl groups excluding tert-OH is 5. The Morgan fingerprint density at radius 3 is 1.20 bits per heavy atom. The van der Waals surface area contributed by atoms with Gasteiger partial charge in [-0.2, -0.15) is 0 Å². The van der Waals surface area contributed by atoms with Gasteiger partial charge in [0, 0.05) is 43.9 Å². The third kappa shape index (κ3) is 26.7. The first kappa shape index (κ1) is 97.4.